The van der Waals surface area contributed by atoms with Gasteiger partial charge in [-0.05, 0) is 27.0 Å². The molecule has 0 spiro atoms. The molecule has 0 aliphatic rings. The molecule has 0 bridgehead atoms. The van der Waals surface area contributed by atoms with Gasteiger partial charge in [0.1, 0.15) is 0 Å². The second-order valence-electron chi connectivity index (χ2n) is 4.55. The number of benzene rings is 1. The standard InChI is InChI=1S/C14H17F2N3/c1-9-12(7-17-3)10(2)19(18-9)8-11-5-4-6-13(15)14(11)16/h4-6,17H,7-8H2,1-3H3. The Morgan fingerprint density at radius 2 is 2.00 bits per heavy atom. The fourth-order valence-corrected chi connectivity index (χ4v) is 2.15. The van der Waals surface area contributed by atoms with Crippen LogP contribution >= 0.6 is 0 Å². The average molecular weight is 265 g/mol. The molecule has 0 saturated heterocycles. The molecule has 0 aliphatic heterocycles. The second-order valence-corrected chi connectivity index (χ2v) is 4.55. The van der Waals surface area contributed by atoms with Gasteiger partial charge in [0.25, 0.3) is 0 Å². The molecular weight excluding hydrogens is 248 g/mol. The lowest BCUT2D eigenvalue weighted by molar-refractivity contribution is 0.490. The largest absolute Gasteiger partial charge is 0.316 e. The summed E-state index contributed by atoms with van der Waals surface area (Å²) in [5.41, 5.74) is 3.28. The zero-order valence-electron chi connectivity index (χ0n) is 11.3. The molecule has 0 unspecified atom stereocenters. The van der Waals surface area contributed by atoms with Gasteiger partial charge in [-0.3, -0.25) is 4.68 Å². The van der Waals surface area contributed by atoms with Crippen LogP contribution in [-0.4, -0.2) is 16.8 Å². The van der Waals surface area contributed by atoms with Crippen molar-refractivity contribution >= 4 is 0 Å². The van der Waals surface area contributed by atoms with E-state index in [1.54, 1.807) is 10.7 Å². The van der Waals surface area contributed by atoms with Gasteiger partial charge < -0.3 is 5.32 Å². The maximum Gasteiger partial charge on any atom is 0.163 e. The van der Waals surface area contributed by atoms with Crippen molar-refractivity contribution in [3.8, 4) is 0 Å². The van der Waals surface area contributed by atoms with Crippen LogP contribution in [0.15, 0.2) is 18.2 Å². The summed E-state index contributed by atoms with van der Waals surface area (Å²) in [5.74, 6) is -1.63. The third kappa shape index (κ3) is 2.66. The Labute approximate surface area is 111 Å². The van der Waals surface area contributed by atoms with Crippen LogP contribution in [0.3, 0.4) is 0 Å². The summed E-state index contributed by atoms with van der Waals surface area (Å²) in [6.07, 6.45) is 0. The molecule has 1 aromatic carbocycles. The summed E-state index contributed by atoms with van der Waals surface area (Å²) in [4.78, 5) is 0. The topological polar surface area (TPSA) is 29.9 Å². The van der Waals surface area contributed by atoms with Crippen molar-refractivity contribution in [1.29, 1.82) is 0 Å². The Morgan fingerprint density at radius 3 is 2.68 bits per heavy atom. The molecule has 1 heterocycles. The monoisotopic (exact) mass is 265 g/mol. The van der Waals surface area contributed by atoms with Gasteiger partial charge in [-0.25, -0.2) is 8.78 Å². The molecule has 1 aromatic heterocycles. The average Bonchev–Trinajstić information content (AvgIpc) is 2.63. The van der Waals surface area contributed by atoms with Gasteiger partial charge in [0.05, 0.1) is 12.2 Å². The third-order valence-electron chi connectivity index (χ3n) is 3.24. The van der Waals surface area contributed by atoms with Crippen molar-refractivity contribution in [3.05, 3.63) is 52.3 Å². The smallest absolute Gasteiger partial charge is 0.163 e. The van der Waals surface area contributed by atoms with Gasteiger partial charge in [0.2, 0.25) is 0 Å². The van der Waals surface area contributed by atoms with E-state index in [0.29, 0.717) is 12.1 Å². The van der Waals surface area contributed by atoms with E-state index in [4.69, 9.17) is 0 Å². The SMILES string of the molecule is CNCc1c(C)nn(Cc2cccc(F)c2F)c1C. The van der Waals surface area contributed by atoms with E-state index < -0.39 is 11.6 Å². The van der Waals surface area contributed by atoms with Crippen molar-refractivity contribution in [2.45, 2.75) is 26.9 Å². The first-order valence-corrected chi connectivity index (χ1v) is 6.15. The van der Waals surface area contributed by atoms with E-state index in [0.717, 1.165) is 23.0 Å². The predicted molar refractivity (Wildman–Crippen MR) is 69.9 cm³/mol. The fourth-order valence-electron chi connectivity index (χ4n) is 2.15. The molecule has 19 heavy (non-hydrogen) atoms. The number of nitrogens with zero attached hydrogens (tertiary/aromatic N) is 2. The molecule has 5 heteroatoms. The molecular formula is C14H17F2N3. The molecule has 0 fully saturated rings. The molecule has 0 radical (unpaired) electrons. The summed E-state index contributed by atoms with van der Waals surface area (Å²) in [6, 6.07) is 4.20. The Morgan fingerprint density at radius 1 is 1.26 bits per heavy atom. The van der Waals surface area contributed by atoms with Crippen LogP contribution in [0.5, 0.6) is 0 Å². The van der Waals surface area contributed by atoms with Gasteiger partial charge in [-0.2, -0.15) is 5.10 Å². The Kier molecular flexibility index (Phi) is 3.95. The Balaban J connectivity index is 2.34. The highest BCUT2D eigenvalue weighted by Gasteiger charge is 2.13. The fraction of sp³-hybridized carbons (Fsp3) is 0.357. The number of hydrogen-bond donors (Lipinski definition) is 1. The number of nitrogens with one attached hydrogen (secondary N) is 1. The number of aryl methyl sites for hydroxylation is 1. The highest BCUT2D eigenvalue weighted by atomic mass is 19.2. The van der Waals surface area contributed by atoms with E-state index >= 15 is 0 Å². The van der Waals surface area contributed by atoms with Gasteiger partial charge in [-0.15, -0.1) is 0 Å². The summed E-state index contributed by atoms with van der Waals surface area (Å²) < 4.78 is 28.5. The van der Waals surface area contributed by atoms with E-state index in [9.17, 15) is 8.78 Å². The Bertz CT molecular complexity index is 591. The van der Waals surface area contributed by atoms with Crippen LogP contribution in [0, 0.1) is 25.5 Å². The van der Waals surface area contributed by atoms with E-state index in [1.165, 1.54) is 6.07 Å². The first-order valence-electron chi connectivity index (χ1n) is 6.15. The molecule has 0 amide bonds. The zero-order valence-corrected chi connectivity index (χ0v) is 11.3. The minimum absolute atomic E-state index is 0.236. The normalized spacial score (nSPS) is 11.0. The minimum Gasteiger partial charge on any atom is -0.316 e. The first kappa shape index (κ1) is 13.7. The quantitative estimate of drug-likeness (QED) is 0.920. The van der Waals surface area contributed by atoms with Crippen molar-refractivity contribution in [1.82, 2.24) is 15.1 Å². The van der Waals surface area contributed by atoms with E-state index in [2.05, 4.69) is 10.4 Å². The maximum absolute atomic E-state index is 13.6. The van der Waals surface area contributed by atoms with Gasteiger partial charge in [-0.1, -0.05) is 12.1 Å². The van der Waals surface area contributed by atoms with Gasteiger partial charge >= 0.3 is 0 Å². The van der Waals surface area contributed by atoms with E-state index in [-0.39, 0.29) is 6.54 Å². The molecule has 2 rings (SSSR count). The number of halogens is 2. The lowest BCUT2D eigenvalue weighted by Crippen LogP contribution is -2.09. The highest BCUT2D eigenvalue weighted by molar-refractivity contribution is 5.26. The minimum atomic E-state index is -0.825. The lowest BCUT2D eigenvalue weighted by Gasteiger charge is -2.07. The summed E-state index contributed by atoms with van der Waals surface area (Å²) in [7, 11) is 1.86. The molecule has 2 aromatic rings. The summed E-state index contributed by atoms with van der Waals surface area (Å²) in [6.45, 7) is 4.80. The van der Waals surface area contributed by atoms with Crippen LogP contribution < -0.4 is 5.32 Å². The molecule has 3 nitrogen and oxygen atoms in total. The molecule has 1 N–H and O–H groups in total. The van der Waals surface area contributed by atoms with Crippen molar-refractivity contribution in [2.75, 3.05) is 7.05 Å². The Hall–Kier alpha value is -1.75. The summed E-state index contributed by atoms with van der Waals surface area (Å²) in [5, 5.41) is 7.46. The molecule has 0 aliphatic carbocycles. The predicted octanol–water partition coefficient (Wildman–Crippen LogP) is 2.55. The number of rotatable bonds is 4. The maximum atomic E-state index is 13.6. The summed E-state index contributed by atoms with van der Waals surface area (Å²) >= 11 is 0. The second kappa shape index (κ2) is 5.48. The lowest BCUT2D eigenvalue weighted by atomic mass is 10.2. The van der Waals surface area contributed by atoms with Crippen LogP contribution in [0.25, 0.3) is 0 Å². The number of hydrogen-bond acceptors (Lipinski definition) is 2. The van der Waals surface area contributed by atoms with Crippen LogP contribution in [0.1, 0.15) is 22.5 Å². The highest BCUT2D eigenvalue weighted by Crippen LogP contribution is 2.17. The van der Waals surface area contributed by atoms with Gasteiger partial charge in [0, 0.05) is 23.4 Å². The molecule has 0 atom stereocenters. The number of aromatic nitrogens is 2. The molecule has 102 valence electrons. The van der Waals surface area contributed by atoms with Crippen LogP contribution in [-0.2, 0) is 13.1 Å². The molecule has 0 saturated carbocycles. The van der Waals surface area contributed by atoms with Crippen LogP contribution in [0.2, 0.25) is 0 Å². The van der Waals surface area contributed by atoms with Gasteiger partial charge in [0.15, 0.2) is 11.6 Å². The van der Waals surface area contributed by atoms with E-state index in [1.807, 2.05) is 20.9 Å². The van der Waals surface area contributed by atoms with Crippen LogP contribution in [0.4, 0.5) is 8.78 Å². The van der Waals surface area contributed by atoms with Crippen molar-refractivity contribution in [2.24, 2.45) is 0 Å². The van der Waals surface area contributed by atoms with Crippen molar-refractivity contribution in [3.63, 3.8) is 0 Å². The third-order valence-corrected chi connectivity index (χ3v) is 3.24. The van der Waals surface area contributed by atoms with Crippen molar-refractivity contribution < 1.29 is 8.78 Å². The first-order chi connectivity index (χ1) is 9.04. The zero-order chi connectivity index (χ0) is 14.0.